The van der Waals surface area contributed by atoms with Crippen molar-refractivity contribution in [2.45, 2.75) is 37.3 Å². The van der Waals surface area contributed by atoms with E-state index in [1.54, 1.807) is 31.2 Å². The second-order valence-corrected chi connectivity index (χ2v) is 8.95. The number of halogens is 5. The van der Waals surface area contributed by atoms with Crippen molar-refractivity contribution in [3.63, 3.8) is 0 Å². The standard InChI is InChI=1S/C24H21F5N8O2/c1-22(11-5-4-6-12(9-11)39-3)15-17(30)34-19(35-18(15)36-21(22)38)16-13-10-31-37(2)20(13)33-14(32-16)7-8-23(25,26)24(27,28)29/h4-6,9-10H,7-8H2,1-3H3,(H3,30,34,35,36,38)/i2D3. The third-order valence-electron chi connectivity index (χ3n) is 6.53. The smallest absolute Gasteiger partial charge is 0.453 e. The number of rotatable bonds is 6. The van der Waals surface area contributed by atoms with Crippen molar-refractivity contribution in [2.75, 3.05) is 18.2 Å². The first-order valence-electron chi connectivity index (χ1n) is 12.8. The molecule has 0 spiro atoms. The molecule has 0 aliphatic carbocycles. The quantitative estimate of drug-likeness (QED) is 0.346. The van der Waals surface area contributed by atoms with Crippen LogP contribution >= 0.6 is 0 Å². The maximum atomic E-state index is 13.7. The van der Waals surface area contributed by atoms with Gasteiger partial charge in [-0.3, -0.25) is 9.48 Å². The Kier molecular flexibility index (Phi) is 5.09. The molecule has 10 nitrogen and oxygen atoms in total. The van der Waals surface area contributed by atoms with Gasteiger partial charge in [0.05, 0.1) is 24.3 Å². The Morgan fingerprint density at radius 3 is 2.64 bits per heavy atom. The van der Waals surface area contributed by atoms with Gasteiger partial charge >= 0.3 is 12.1 Å². The topological polar surface area (TPSA) is 134 Å². The fourth-order valence-electron chi connectivity index (χ4n) is 4.37. The van der Waals surface area contributed by atoms with E-state index in [0.717, 1.165) is 6.20 Å². The number of amides is 1. The van der Waals surface area contributed by atoms with E-state index in [1.165, 1.54) is 7.11 Å². The van der Waals surface area contributed by atoms with Gasteiger partial charge in [-0.25, -0.2) is 19.9 Å². The minimum Gasteiger partial charge on any atom is -0.497 e. The minimum absolute atomic E-state index is 0.00653. The molecule has 204 valence electrons. The summed E-state index contributed by atoms with van der Waals surface area (Å²) in [4.78, 5) is 29.9. The molecule has 5 rings (SSSR count). The lowest BCUT2D eigenvalue weighted by molar-refractivity contribution is -0.284. The van der Waals surface area contributed by atoms with Gasteiger partial charge in [0.25, 0.3) is 0 Å². The van der Waals surface area contributed by atoms with Crippen molar-refractivity contribution in [1.82, 2.24) is 29.7 Å². The Labute approximate surface area is 221 Å². The molecule has 1 amide bonds. The summed E-state index contributed by atoms with van der Waals surface area (Å²) in [6.07, 6.45) is -7.43. The molecule has 0 bridgehead atoms. The summed E-state index contributed by atoms with van der Waals surface area (Å²) in [5, 5.41) is 6.38. The molecule has 4 heterocycles. The summed E-state index contributed by atoms with van der Waals surface area (Å²) < 4.78 is 94.6. The Bertz CT molecular complexity index is 1730. The summed E-state index contributed by atoms with van der Waals surface area (Å²) in [6, 6.07) is 6.69. The number of aromatic nitrogens is 6. The predicted octanol–water partition coefficient (Wildman–Crippen LogP) is 3.80. The number of benzene rings is 1. The molecule has 15 heteroatoms. The molecule has 0 saturated carbocycles. The van der Waals surface area contributed by atoms with E-state index in [2.05, 4.69) is 30.4 Å². The van der Waals surface area contributed by atoms with E-state index in [9.17, 15) is 26.7 Å². The van der Waals surface area contributed by atoms with Crippen LogP contribution in [0.5, 0.6) is 5.75 Å². The van der Waals surface area contributed by atoms with Crippen molar-refractivity contribution in [3.05, 3.63) is 47.4 Å². The van der Waals surface area contributed by atoms with Crippen molar-refractivity contribution < 1.29 is 35.6 Å². The van der Waals surface area contributed by atoms with Gasteiger partial charge in [0, 0.05) is 23.9 Å². The molecule has 39 heavy (non-hydrogen) atoms. The summed E-state index contributed by atoms with van der Waals surface area (Å²) in [6.45, 7) is -1.28. The third-order valence-corrected chi connectivity index (χ3v) is 6.53. The maximum Gasteiger partial charge on any atom is 0.453 e. The van der Waals surface area contributed by atoms with Crippen LogP contribution < -0.4 is 15.8 Å². The predicted molar refractivity (Wildman–Crippen MR) is 129 cm³/mol. The Hall–Kier alpha value is -4.43. The number of alkyl halides is 5. The number of fused-ring (bicyclic) bond motifs is 2. The summed E-state index contributed by atoms with van der Waals surface area (Å²) in [7, 11) is 1.46. The molecule has 1 unspecified atom stereocenters. The summed E-state index contributed by atoms with van der Waals surface area (Å²) in [5.41, 5.74) is 5.09. The molecule has 0 saturated heterocycles. The van der Waals surface area contributed by atoms with Crippen molar-refractivity contribution in [2.24, 2.45) is 6.98 Å². The van der Waals surface area contributed by atoms with Crippen LogP contribution in [0.3, 0.4) is 0 Å². The van der Waals surface area contributed by atoms with Crippen LogP contribution in [0.15, 0.2) is 30.5 Å². The number of nitrogen functional groups attached to an aromatic ring is 1. The molecular formula is C24H21F5N8O2. The van der Waals surface area contributed by atoms with Gasteiger partial charge in [0.1, 0.15) is 34.3 Å². The Morgan fingerprint density at radius 2 is 1.95 bits per heavy atom. The van der Waals surface area contributed by atoms with Crippen molar-refractivity contribution >= 4 is 28.6 Å². The zero-order valence-electron chi connectivity index (χ0n) is 23.3. The van der Waals surface area contributed by atoms with E-state index in [1.807, 2.05) is 0 Å². The number of carbonyl (C=O) groups excluding carboxylic acids is 1. The number of methoxy groups -OCH3 is 1. The zero-order chi connectivity index (χ0) is 30.8. The average Bonchev–Trinajstić information content (AvgIpc) is 3.45. The van der Waals surface area contributed by atoms with Crippen LogP contribution in [-0.2, 0) is 23.6 Å². The number of ether oxygens (including phenoxy) is 1. The van der Waals surface area contributed by atoms with Gasteiger partial charge in [-0.15, -0.1) is 0 Å². The molecule has 1 aliphatic heterocycles. The fourth-order valence-corrected chi connectivity index (χ4v) is 4.37. The number of hydrogen-bond acceptors (Lipinski definition) is 8. The highest BCUT2D eigenvalue weighted by Gasteiger charge is 2.56. The van der Waals surface area contributed by atoms with Crippen LogP contribution in [-0.4, -0.2) is 54.8 Å². The molecule has 3 N–H and O–H groups in total. The minimum atomic E-state index is -5.81. The normalized spacial score (nSPS) is 18.8. The van der Waals surface area contributed by atoms with Gasteiger partial charge in [0.2, 0.25) is 5.91 Å². The highest BCUT2D eigenvalue weighted by molar-refractivity contribution is 6.09. The molecule has 3 aromatic heterocycles. The first kappa shape index (κ1) is 22.5. The molecule has 0 fully saturated rings. The van der Waals surface area contributed by atoms with Crippen LogP contribution in [0.25, 0.3) is 22.6 Å². The highest BCUT2D eigenvalue weighted by Crippen LogP contribution is 2.46. The number of hydrogen-bond donors (Lipinski definition) is 2. The van der Waals surface area contributed by atoms with Gasteiger partial charge < -0.3 is 15.8 Å². The van der Waals surface area contributed by atoms with Gasteiger partial charge in [-0.05, 0) is 24.6 Å². The summed E-state index contributed by atoms with van der Waals surface area (Å²) in [5.74, 6) is -6.07. The van der Waals surface area contributed by atoms with Crippen LogP contribution in [0.1, 0.15) is 34.4 Å². The number of nitrogens with zero attached hydrogens (tertiary/aromatic N) is 6. The molecule has 4 aromatic rings. The number of carbonyl (C=O) groups is 1. The largest absolute Gasteiger partial charge is 0.497 e. The van der Waals surface area contributed by atoms with Gasteiger partial charge in [0.15, 0.2) is 11.5 Å². The highest BCUT2D eigenvalue weighted by atomic mass is 19.4. The van der Waals surface area contributed by atoms with Crippen molar-refractivity contribution in [1.29, 1.82) is 0 Å². The van der Waals surface area contributed by atoms with E-state index in [0.29, 0.717) is 16.0 Å². The molecular weight excluding hydrogens is 527 g/mol. The monoisotopic (exact) mass is 551 g/mol. The van der Waals surface area contributed by atoms with Gasteiger partial charge in [-0.2, -0.15) is 27.1 Å². The molecule has 0 radical (unpaired) electrons. The van der Waals surface area contributed by atoms with Gasteiger partial charge in [-0.1, -0.05) is 12.1 Å². The number of nitrogens with one attached hydrogen (secondary N) is 1. The van der Waals surface area contributed by atoms with E-state index in [-0.39, 0.29) is 39.8 Å². The first-order chi connectivity index (χ1) is 19.5. The number of nitrogens with two attached hydrogens (primary N) is 1. The average molecular weight is 551 g/mol. The Morgan fingerprint density at radius 1 is 1.18 bits per heavy atom. The van der Waals surface area contributed by atoms with E-state index < -0.39 is 49.1 Å². The third kappa shape index (κ3) is 4.17. The molecule has 1 aliphatic rings. The fraction of sp³-hybridized carbons (Fsp3) is 0.333. The zero-order valence-corrected chi connectivity index (χ0v) is 20.3. The van der Waals surface area contributed by atoms with E-state index >= 15 is 0 Å². The maximum absolute atomic E-state index is 13.7. The van der Waals surface area contributed by atoms with Crippen LogP contribution in [0, 0.1) is 0 Å². The lowest BCUT2D eigenvalue weighted by atomic mass is 9.77. The SMILES string of the molecule is [2H]C([2H])([2H])n1ncc2c(-c3nc(N)c4c(n3)NC(=O)C4(C)c3cccc(OC)c3)nc(CCC(F)(F)C(F)(F)F)nc21. The second kappa shape index (κ2) is 8.81. The lowest BCUT2D eigenvalue weighted by Crippen LogP contribution is -2.36. The lowest BCUT2D eigenvalue weighted by Gasteiger charge is -2.24. The van der Waals surface area contributed by atoms with Crippen molar-refractivity contribution in [3.8, 4) is 17.3 Å². The Balaban J connectivity index is 1.66. The van der Waals surface area contributed by atoms with E-state index in [4.69, 9.17) is 14.6 Å². The number of anilines is 2. The molecule has 1 aromatic carbocycles. The number of aryl methyl sites for hydroxylation is 2. The van der Waals surface area contributed by atoms with Crippen LogP contribution in [0.4, 0.5) is 33.6 Å². The molecule has 1 atom stereocenters. The van der Waals surface area contributed by atoms with Crippen LogP contribution in [0.2, 0.25) is 0 Å². The second-order valence-electron chi connectivity index (χ2n) is 8.95. The first-order valence-corrected chi connectivity index (χ1v) is 11.3. The summed E-state index contributed by atoms with van der Waals surface area (Å²) >= 11 is 0.